The summed E-state index contributed by atoms with van der Waals surface area (Å²) in [7, 11) is 1.71. The highest BCUT2D eigenvalue weighted by molar-refractivity contribution is 5.76. The van der Waals surface area contributed by atoms with Gasteiger partial charge < -0.3 is 15.4 Å². The average molecular weight is 274 g/mol. The van der Waals surface area contributed by atoms with Crippen molar-refractivity contribution >= 4 is 5.91 Å². The van der Waals surface area contributed by atoms with Crippen LogP contribution in [0.15, 0.2) is 18.2 Å². The lowest BCUT2D eigenvalue weighted by molar-refractivity contribution is -0.122. The fourth-order valence-electron chi connectivity index (χ4n) is 3.25. The van der Waals surface area contributed by atoms with E-state index in [2.05, 4.69) is 22.8 Å². The van der Waals surface area contributed by atoms with E-state index in [0.29, 0.717) is 18.5 Å². The number of rotatable bonds is 3. The first kappa shape index (κ1) is 13.4. The molecule has 2 N–H and O–H groups in total. The molecule has 0 radical (unpaired) electrons. The molecular weight excluding hydrogens is 252 g/mol. The largest absolute Gasteiger partial charge is 0.497 e. The predicted octanol–water partition coefficient (Wildman–Crippen LogP) is 1.94. The van der Waals surface area contributed by atoms with Crippen molar-refractivity contribution in [1.82, 2.24) is 10.6 Å². The third-order valence-corrected chi connectivity index (χ3v) is 4.37. The molecule has 1 aliphatic carbocycles. The second-order valence-electron chi connectivity index (χ2n) is 5.72. The number of carbonyl (C=O) groups is 1. The quantitative estimate of drug-likeness (QED) is 0.885. The predicted molar refractivity (Wildman–Crippen MR) is 77.8 cm³/mol. The van der Waals surface area contributed by atoms with E-state index in [4.69, 9.17) is 4.74 Å². The van der Waals surface area contributed by atoms with Gasteiger partial charge in [-0.25, -0.2) is 0 Å². The summed E-state index contributed by atoms with van der Waals surface area (Å²) in [5.74, 6) is 1.12. The maximum atomic E-state index is 11.2. The molecule has 0 aromatic heterocycles. The average Bonchev–Trinajstić information content (AvgIpc) is 2.49. The summed E-state index contributed by atoms with van der Waals surface area (Å²) < 4.78 is 5.31. The van der Waals surface area contributed by atoms with Crippen LogP contribution in [0.1, 0.15) is 42.9 Å². The molecular formula is C16H22N2O2. The second-order valence-corrected chi connectivity index (χ2v) is 5.72. The Labute approximate surface area is 119 Å². The number of carbonyl (C=O) groups excluding carboxylic acids is 1. The van der Waals surface area contributed by atoms with Gasteiger partial charge in [0.15, 0.2) is 0 Å². The summed E-state index contributed by atoms with van der Waals surface area (Å²) in [6, 6.07) is 7.19. The molecule has 0 spiro atoms. The van der Waals surface area contributed by atoms with E-state index < -0.39 is 0 Å². The summed E-state index contributed by atoms with van der Waals surface area (Å²) in [6.45, 7) is 0.751. The molecule has 2 unspecified atom stereocenters. The topological polar surface area (TPSA) is 50.4 Å². The first-order valence-electron chi connectivity index (χ1n) is 7.46. The summed E-state index contributed by atoms with van der Waals surface area (Å²) >= 11 is 0. The second kappa shape index (κ2) is 5.83. The van der Waals surface area contributed by atoms with Gasteiger partial charge in [0.2, 0.25) is 5.91 Å². The Morgan fingerprint density at radius 2 is 2.20 bits per heavy atom. The van der Waals surface area contributed by atoms with Crippen LogP contribution in [-0.4, -0.2) is 25.6 Å². The number of aryl methyl sites for hydroxylation is 1. The van der Waals surface area contributed by atoms with Crippen LogP contribution in [-0.2, 0) is 11.2 Å². The first-order valence-corrected chi connectivity index (χ1v) is 7.46. The Balaban J connectivity index is 1.71. The van der Waals surface area contributed by atoms with Crippen molar-refractivity contribution in [2.45, 2.75) is 44.2 Å². The number of hydrogen-bond donors (Lipinski definition) is 2. The number of ether oxygens (including phenoxy) is 1. The molecule has 0 saturated carbocycles. The van der Waals surface area contributed by atoms with Crippen molar-refractivity contribution < 1.29 is 9.53 Å². The minimum Gasteiger partial charge on any atom is -0.497 e. The molecule has 2 aliphatic rings. The molecule has 2 atom stereocenters. The zero-order chi connectivity index (χ0) is 13.9. The van der Waals surface area contributed by atoms with E-state index in [-0.39, 0.29) is 5.91 Å². The molecule has 1 aliphatic heterocycles. The van der Waals surface area contributed by atoms with E-state index in [1.807, 2.05) is 6.07 Å². The van der Waals surface area contributed by atoms with Crippen LogP contribution >= 0.6 is 0 Å². The third-order valence-electron chi connectivity index (χ3n) is 4.37. The Bertz CT molecular complexity index is 491. The SMILES string of the molecule is COc1ccc2c(c1)CCCC2NC1CCC(=O)NC1. The van der Waals surface area contributed by atoms with E-state index in [9.17, 15) is 4.79 Å². The van der Waals surface area contributed by atoms with E-state index in [1.54, 1.807) is 7.11 Å². The first-order chi connectivity index (χ1) is 9.76. The zero-order valence-electron chi connectivity index (χ0n) is 11.9. The van der Waals surface area contributed by atoms with Crippen molar-refractivity contribution in [1.29, 1.82) is 0 Å². The van der Waals surface area contributed by atoms with Crippen LogP contribution in [0, 0.1) is 0 Å². The number of fused-ring (bicyclic) bond motifs is 1. The Morgan fingerprint density at radius 1 is 1.30 bits per heavy atom. The summed E-state index contributed by atoms with van der Waals surface area (Å²) in [5.41, 5.74) is 2.79. The molecule has 4 nitrogen and oxygen atoms in total. The molecule has 3 rings (SSSR count). The highest BCUT2D eigenvalue weighted by Crippen LogP contribution is 2.32. The molecule has 1 amide bonds. The van der Waals surface area contributed by atoms with Gasteiger partial charge in [-0.15, -0.1) is 0 Å². The van der Waals surface area contributed by atoms with E-state index in [1.165, 1.54) is 24.0 Å². The lowest BCUT2D eigenvalue weighted by atomic mass is 9.86. The van der Waals surface area contributed by atoms with Crippen LogP contribution < -0.4 is 15.4 Å². The minimum absolute atomic E-state index is 0.178. The summed E-state index contributed by atoms with van der Waals surface area (Å²) in [4.78, 5) is 11.2. The van der Waals surface area contributed by atoms with Gasteiger partial charge in [-0.1, -0.05) is 6.07 Å². The number of piperidine rings is 1. The fourth-order valence-corrected chi connectivity index (χ4v) is 3.25. The zero-order valence-corrected chi connectivity index (χ0v) is 11.9. The fraction of sp³-hybridized carbons (Fsp3) is 0.562. The van der Waals surface area contributed by atoms with Crippen molar-refractivity contribution in [3.05, 3.63) is 29.3 Å². The molecule has 1 saturated heterocycles. The normalized spacial score (nSPS) is 25.8. The molecule has 108 valence electrons. The van der Waals surface area contributed by atoms with Gasteiger partial charge in [0.25, 0.3) is 0 Å². The van der Waals surface area contributed by atoms with E-state index in [0.717, 1.165) is 25.1 Å². The standard InChI is InChI=1S/C16H22N2O2/c1-20-13-6-7-14-11(9-13)3-2-4-15(14)18-12-5-8-16(19)17-10-12/h6-7,9,12,15,18H,2-5,8,10H2,1H3,(H,17,19). The van der Waals surface area contributed by atoms with Gasteiger partial charge in [-0.2, -0.15) is 0 Å². The molecule has 1 aromatic carbocycles. The van der Waals surface area contributed by atoms with Crippen LogP contribution in [0.4, 0.5) is 0 Å². The third kappa shape index (κ3) is 2.80. The maximum absolute atomic E-state index is 11.2. The lowest BCUT2D eigenvalue weighted by Crippen LogP contribution is -2.47. The smallest absolute Gasteiger partial charge is 0.220 e. The maximum Gasteiger partial charge on any atom is 0.220 e. The van der Waals surface area contributed by atoms with Gasteiger partial charge in [-0.05, 0) is 48.9 Å². The van der Waals surface area contributed by atoms with Crippen LogP contribution in [0.3, 0.4) is 0 Å². The number of hydrogen-bond acceptors (Lipinski definition) is 3. The molecule has 4 heteroatoms. The number of nitrogens with one attached hydrogen (secondary N) is 2. The molecule has 1 fully saturated rings. The summed E-state index contributed by atoms with van der Waals surface area (Å²) in [5, 5.41) is 6.66. The van der Waals surface area contributed by atoms with Crippen LogP contribution in [0.5, 0.6) is 5.75 Å². The van der Waals surface area contributed by atoms with Gasteiger partial charge in [0.05, 0.1) is 7.11 Å². The molecule has 1 heterocycles. The highest BCUT2D eigenvalue weighted by Gasteiger charge is 2.25. The van der Waals surface area contributed by atoms with Gasteiger partial charge in [-0.3, -0.25) is 4.79 Å². The van der Waals surface area contributed by atoms with Gasteiger partial charge >= 0.3 is 0 Å². The summed E-state index contributed by atoms with van der Waals surface area (Å²) in [6.07, 6.45) is 5.08. The Hall–Kier alpha value is -1.55. The van der Waals surface area contributed by atoms with Crippen molar-refractivity contribution in [2.75, 3.05) is 13.7 Å². The van der Waals surface area contributed by atoms with Crippen molar-refractivity contribution in [3.63, 3.8) is 0 Å². The van der Waals surface area contributed by atoms with Gasteiger partial charge in [0.1, 0.15) is 5.75 Å². The van der Waals surface area contributed by atoms with Gasteiger partial charge in [0, 0.05) is 25.0 Å². The van der Waals surface area contributed by atoms with Crippen LogP contribution in [0.25, 0.3) is 0 Å². The lowest BCUT2D eigenvalue weighted by Gasteiger charge is -2.32. The number of benzene rings is 1. The number of methoxy groups -OCH3 is 1. The molecule has 1 aromatic rings. The van der Waals surface area contributed by atoms with Crippen LogP contribution in [0.2, 0.25) is 0 Å². The van der Waals surface area contributed by atoms with E-state index >= 15 is 0 Å². The molecule has 0 bridgehead atoms. The Morgan fingerprint density at radius 3 is 2.95 bits per heavy atom. The monoisotopic (exact) mass is 274 g/mol. The van der Waals surface area contributed by atoms with Crippen molar-refractivity contribution in [2.24, 2.45) is 0 Å². The minimum atomic E-state index is 0.178. The molecule has 20 heavy (non-hydrogen) atoms. The van der Waals surface area contributed by atoms with Crippen molar-refractivity contribution in [3.8, 4) is 5.75 Å². The number of amides is 1. The highest BCUT2D eigenvalue weighted by atomic mass is 16.5. The Kier molecular flexibility index (Phi) is 3.92.